The molecule has 0 saturated heterocycles. The molecule has 0 aliphatic heterocycles. The molecule has 0 radical (unpaired) electrons. The highest BCUT2D eigenvalue weighted by Gasteiger charge is 2.32. The average Bonchev–Trinajstić information content (AvgIpc) is 2.57. The molecule has 5 N–H and O–H groups in total. The first-order valence-electron chi connectivity index (χ1n) is 8.21. The molecule has 0 rings (SSSR count). The van der Waals surface area contributed by atoms with Gasteiger partial charge in [0.25, 0.3) is 0 Å². The van der Waals surface area contributed by atoms with Gasteiger partial charge in [0.15, 0.2) is 0 Å². The van der Waals surface area contributed by atoms with Crippen molar-refractivity contribution in [3.05, 3.63) is 12.2 Å². The second-order valence-electron chi connectivity index (χ2n) is 5.78. The number of aliphatic hydroxyl groups excluding tert-OH is 1. The first-order chi connectivity index (χ1) is 12.6. The number of thioether (sulfide) groups is 1. The van der Waals surface area contributed by atoms with E-state index in [-0.39, 0.29) is 24.6 Å². The molecule has 28 heavy (non-hydrogen) atoms. The van der Waals surface area contributed by atoms with Gasteiger partial charge in [0, 0.05) is 36.6 Å². The zero-order chi connectivity index (χ0) is 20.9. The minimum absolute atomic E-state index is 0. The zero-order valence-electron chi connectivity index (χ0n) is 16.1. The number of esters is 1. The summed E-state index contributed by atoms with van der Waals surface area (Å²) in [5, 5.41) is 9.29. The van der Waals surface area contributed by atoms with Gasteiger partial charge in [-0.25, -0.2) is 24.2 Å². The van der Waals surface area contributed by atoms with Gasteiger partial charge in [-0.3, -0.25) is 4.99 Å². The topological polar surface area (TPSA) is 164 Å². The van der Waals surface area contributed by atoms with Crippen LogP contribution in [-0.4, -0.2) is 58.7 Å². The molecular weight excluding hydrogens is 414 g/mol. The van der Waals surface area contributed by atoms with Crippen LogP contribution in [0.15, 0.2) is 17.1 Å². The lowest BCUT2D eigenvalue weighted by Gasteiger charge is -2.20. The Hall–Kier alpha value is -1.82. The predicted molar refractivity (Wildman–Crippen MR) is 108 cm³/mol. The number of nitrogens with two attached hydrogens (primary N) is 2. The van der Waals surface area contributed by atoms with Crippen LogP contribution >= 0.6 is 24.2 Å². The number of nitrogens with zero attached hydrogens (tertiary/aromatic N) is 1. The molecule has 1 unspecified atom stereocenters. The molecule has 0 aliphatic rings. The van der Waals surface area contributed by atoms with Crippen LogP contribution in [0.1, 0.15) is 33.6 Å². The molecule has 0 heterocycles. The number of aliphatic imine (C=N–C) groups is 1. The molecule has 162 valence electrons. The Morgan fingerprint density at radius 2 is 1.86 bits per heavy atom. The van der Waals surface area contributed by atoms with Crippen molar-refractivity contribution in [3.8, 4) is 0 Å². The van der Waals surface area contributed by atoms with Crippen molar-refractivity contribution < 1.29 is 34.0 Å². The number of hydrogen-bond donors (Lipinski definition) is 3. The van der Waals surface area contributed by atoms with Gasteiger partial charge in [-0.05, 0) is 13.8 Å². The van der Waals surface area contributed by atoms with Crippen LogP contribution in [0.2, 0.25) is 0 Å². The summed E-state index contributed by atoms with van der Waals surface area (Å²) in [5.74, 6) is -1.72. The molecule has 0 fully saturated rings. The summed E-state index contributed by atoms with van der Waals surface area (Å²) in [6.07, 6.45) is 1.08. The maximum Gasteiger partial charge on any atom is 0.379 e. The van der Waals surface area contributed by atoms with Gasteiger partial charge in [0.2, 0.25) is 6.29 Å². The van der Waals surface area contributed by atoms with Crippen molar-refractivity contribution in [2.45, 2.75) is 45.4 Å². The Kier molecular flexibility index (Phi) is 15.4. The van der Waals surface area contributed by atoms with E-state index in [2.05, 4.69) is 19.5 Å². The van der Waals surface area contributed by atoms with Crippen molar-refractivity contribution in [2.24, 2.45) is 16.5 Å². The Morgan fingerprint density at radius 1 is 1.25 bits per heavy atom. The molecule has 0 aromatic rings. The lowest BCUT2D eigenvalue weighted by Crippen LogP contribution is -2.48. The van der Waals surface area contributed by atoms with Crippen molar-refractivity contribution >= 4 is 47.9 Å². The van der Waals surface area contributed by atoms with Crippen LogP contribution in [0, 0.1) is 0 Å². The van der Waals surface area contributed by atoms with Crippen molar-refractivity contribution in [3.63, 3.8) is 0 Å². The molecule has 12 heteroatoms. The van der Waals surface area contributed by atoms with E-state index in [4.69, 9.17) is 11.5 Å². The minimum atomic E-state index is -1.39. The first kappa shape index (κ1) is 28.4. The van der Waals surface area contributed by atoms with E-state index < -0.39 is 29.7 Å². The van der Waals surface area contributed by atoms with E-state index in [0.29, 0.717) is 30.6 Å². The molecule has 0 aromatic heterocycles. The molecule has 0 amide bonds. The highest BCUT2D eigenvalue weighted by atomic mass is 35.5. The number of carbonyl (C=O) groups is 3. The fourth-order valence-electron chi connectivity index (χ4n) is 1.45. The lowest BCUT2D eigenvalue weighted by atomic mass is 10.1. The van der Waals surface area contributed by atoms with E-state index in [1.807, 2.05) is 0 Å². The Morgan fingerprint density at radius 3 is 2.43 bits per heavy atom. The van der Waals surface area contributed by atoms with Crippen LogP contribution in [0.3, 0.4) is 0 Å². The Bertz CT molecular complexity index is 566. The number of aliphatic hydroxyl groups is 1. The molecule has 2 atom stereocenters. The SMILES string of the molecule is CCCC(O)OC(=O)/C=C/C(=O)OOC(=O)[C@@](C)(N)CSCCN=C(C)N.Cl. The monoisotopic (exact) mass is 441 g/mol. The first-order valence-corrected chi connectivity index (χ1v) is 9.36. The Labute approximate surface area is 174 Å². The molecule has 0 bridgehead atoms. The van der Waals surface area contributed by atoms with Gasteiger partial charge in [0.1, 0.15) is 5.54 Å². The average molecular weight is 442 g/mol. The number of hydrogen-bond acceptors (Lipinski definition) is 10. The lowest BCUT2D eigenvalue weighted by molar-refractivity contribution is -0.258. The number of rotatable bonds is 11. The predicted octanol–water partition coefficient (Wildman–Crippen LogP) is 0.455. The van der Waals surface area contributed by atoms with Gasteiger partial charge >= 0.3 is 17.9 Å². The van der Waals surface area contributed by atoms with Crippen LogP contribution in [0.25, 0.3) is 0 Å². The van der Waals surface area contributed by atoms with E-state index in [0.717, 1.165) is 6.08 Å². The quantitative estimate of drug-likeness (QED) is 0.0599. The summed E-state index contributed by atoms with van der Waals surface area (Å²) >= 11 is 1.36. The number of carbonyl (C=O) groups excluding carboxylic acids is 3. The summed E-state index contributed by atoms with van der Waals surface area (Å²) in [5.41, 5.74) is 9.84. The largest absolute Gasteiger partial charge is 0.433 e. The smallest absolute Gasteiger partial charge is 0.379 e. The van der Waals surface area contributed by atoms with E-state index >= 15 is 0 Å². The standard InChI is InChI=1S/C16H27N3O7S.ClH/c1-4-5-12(20)24-13(21)6-7-14(22)25-26-15(23)16(3,18)10-27-9-8-19-11(2)17;/h6-7,12,20H,4-5,8-10,18H2,1-3H3,(H2,17,19);1H/b7-6+;/t12?,16-;/m0./s1. The molecule has 10 nitrogen and oxygen atoms in total. The fourth-order valence-corrected chi connectivity index (χ4v) is 2.35. The second kappa shape index (κ2) is 15.1. The zero-order valence-corrected chi connectivity index (χ0v) is 17.7. The van der Waals surface area contributed by atoms with Gasteiger partial charge < -0.3 is 21.3 Å². The summed E-state index contributed by atoms with van der Waals surface area (Å²) in [4.78, 5) is 47.3. The van der Waals surface area contributed by atoms with Gasteiger partial charge in [-0.1, -0.05) is 13.3 Å². The van der Waals surface area contributed by atoms with Crippen LogP contribution in [0.4, 0.5) is 0 Å². The minimum Gasteiger partial charge on any atom is -0.433 e. The van der Waals surface area contributed by atoms with E-state index in [9.17, 15) is 19.5 Å². The Balaban J connectivity index is 0. The molecular formula is C16H28ClN3O7S. The van der Waals surface area contributed by atoms with E-state index in [1.165, 1.54) is 18.7 Å². The van der Waals surface area contributed by atoms with E-state index in [1.54, 1.807) is 13.8 Å². The third kappa shape index (κ3) is 14.3. The second-order valence-corrected chi connectivity index (χ2v) is 6.89. The molecule has 0 saturated carbocycles. The summed E-state index contributed by atoms with van der Waals surface area (Å²) in [6, 6.07) is 0. The van der Waals surface area contributed by atoms with Gasteiger partial charge in [-0.15, -0.1) is 12.4 Å². The van der Waals surface area contributed by atoms with Crippen molar-refractivity contribution in [1.82, 2.24) is 0 Å². The third-order valence-electron chi connectivity index (χ3n) is 2.81. The molecule has 0 spiro atoms. The normalized spacial score (nSPS) is 14.5. The number of ether oxygens (including phenoxy) is 1. The maximum atomic E-state index is 11.9. The highest BCUT2D eigenvalue weighted by Crippen LogP contribution is 2.13. The van der Waals surface area contributed by atoms with Crippen LogP contribution in [-0.2, 0) is 28.9 Å². The molecule has 0 aromatic carbocycles. The van der Waals surface area contributed by atoms with Crippen molar-refractivity contribution in [1.29, 1.82) is 0 Å². The number of halogens is 1. The fraction of sp³-hybridized carbons (Fsp3) is 0.625. The third-order valence-corrected chi connectivity index (χ3v) is 4.08. The van der Waals surface area contributed by atoms with Crippen LogP contribution < -0.4 is 11.5 Å². The highest BCUT2D eigenvalue weighted by molar-refractivity contribution is 7.99. The van der Waals surface area contributed by atoms with Gasteiger partial charge in [-0.2, -0.15) is 11.8 Å². The summed E-state index contributed by atoms with van der Waals surface area (Å²) < 4.78 is 4.57. The number of amidine groups is 1. The summed E-state index contributed by atoms with van der Waals surface area (Å²) in [7, 11) is 0. The van der Waals surface area contributed by atoms with Crippen LogP contribution in [0.5, 0.6) is 0 Å². The van der Waals surface area contributed by atoms with Gasteiger partial charge in [0.05, 0.1) is 5.84 Å². The maximum absolute atomic E-state index is 11.9. The molecule has 0 aliphatic carbocycles. The summed E-state index contributed by atoms with van der Waals surface area (Å²) in [6.45, 7) is 5.39. The van der Waals surface area contributed by atoms with Crippen molar-refractivity contribution in [2.75, 3.05) is 18.1 Å².